The van der Waals surface area contributed by atoms with Crippen molar-refractivity contribution in [3.63, 3.8) is 0 Å². The lowest BCUT2D eigenvalue weighted by atomic mass is 10.1. The van der Waals surface area contributed by atoms with Crippen LogP contribution in [0.25, 0.3) is 0 Å². The fourth-order valence-corrected chi connectivity index (χ4v) is 2.76. The molecule has 2 heterocycles. The number of aromatic nitrogens is 2. The summed E-state index contributed by atoms with van der Waals surface area (Å²) in [5.74, 6) is 1.45. The number of hydrogen-bond donors (Lipinski definition) is 1. The van der Waals surface area contributed by atoms with Crippen molar-refractivity contribution in [2.45, 2.75) is 39.2 Å². The Kier molecular flexibility index (Phi) is 5.80. The third-order valence-electron chi connectivity index (χ3n) is 2.88. The molecule has 2 aromatic heterocycles. The third-order valence-corrected chi connectivity index (χ3v) is 3.87. The van der Waals surface area contributed by atoms with Crippen LogP contribution in [0.3, 0.4) is 0 Å². The minimum atomic E-state index is 0.300. The van der Waals surface area contributed by atoms with E-state index in [1.807, 2.05) is 6.07 Å². The third kappa shape index (κ3) is 4.20. The average Bonchev–Trinajstić information content (AvgIpc) is 2.99. The molecular formula is C15H21N3OS. The first-order valence-corrected chi connectivity index (χ1v) is 7.96. The molecule has 2 rings (SSSR count). The van der Waals surface area contributed by atoms with Gasteiger partial charge in [-0.05, 0) is 24.3 Å². The lowest BCUT2D eigenvalue weighted by Crippen LogP contribution is -2.10. The van der Waals surface area contributed by atoms with E-state index in [0.29, 0.717) is 18.5 Å². The van der Waals surface area contributed by atoms with Gasteiger partial charge >= 0.3 is 0 Å². The van der Waals surface area contributed by atoms with Crippen molar-refractivity contribution in [2.24, 2.45) is 0 Å². The summed E-state index contributed by atoms with van der Waals surface area (Å²) in [5, 5.41) is 5.59. The van der Waals surface area contributed by atoms with Crippen molar-refractivity contribution in [2.75, 3.05) is 11.9 Å². The monoisotopic (exact) mass is 291 g/mol. The highest BCUT2D eigenvalue weighted by Gasteiger charge is 2.12. The molecule has 0 saturated carbocycles. The zero-order chi connectivity index (χ0) is 14.2. The predicted octanol–water partition coefficient (Wildman–Crippen LogP) is 4.28. The molecule has 0 aliphatic rings. The van der Waals surface area contributed by atoms with Gasteiger partial charge in [0.25, 0.3) is 0 Å². The van der Waals surface area contributed by atoms with Crippen molar-refractivity contribution in [1.82, 2.24) is 9.97 Å². The van der Waals surface area contributed by atoms with Crippen LogP contribution in [0.1, 0.15) is 44.0 Å². The maximum atomic E-state index is 5.54. The molecule has 0 spiro atoms. The minimum Gasteiger partial charge on any atom is -0.478 e. The molecular weight excluding hydrogens is 270 g/mol. The van der Waals surface area contributed by atoms with E-state index >= 15 is 0 Å². The SMILES string of the molecule is CCCOc1cc(NC(CCC)c2cccs2)ncn1. The van der Waals surface area contributed by atoms with Gasteiger partial charge in [-0.2, -0.15) is 0 Å². The summed E-state index contributed by atoms with van der Waals surface area (Å²) in [5.41, 5.74) is 0. The van der Waals surface area contributed by atoms with Crippen LogP contribution in [0.5, 0.6) is 5.88 Å². The van der Waals surface area contributed by atoms with Gasteiger partial charge in [0.1, 0.15) is 12.1 Å². The van der Waals surface area contributed by atoms with E-state index in [-0.39, 0.29) is 0 Å². The summed E-state index contributed by atoms with van der Waals surface area (Å²) in [6.07, 6.45) is 4.72. The molecule has 108 valence electrons. The summed E-state index contributed by atoms with van der Waals surface area (Å²) in [6.45, 7) is 4.95. The summed E-state index contributed by atoms with van der Waals surface area (Å²) in [4.78, 5) is 9.74. The van der Waals surface area contributed by atoms with E-state index in [9.17, 15) is 0 Å². The summed E-state index contributed by atoms with van der Waals surface area (Å²) < 4.78 is 5.54. The lowest BCUT2D eigenvalue weighted by Gasteiger charge is -2.17. The molecule has 0 aliphatic heterocycles. The second-order valence-electron chi connectivity index (χ2n) is 4.59. The maximum absolute atomic E-state index is 5.54. The molecule has 0 saturated heterocycles. The molecule has 1 N–H and O–H groups in total. The zero-order valence-corrected chi connectivity index (χ0v) is 12.8. The normalized spacial score (nSPS) is 12.1. The van der Waals surface area contributed by atoms with E-state index in [2.05, 4.69) is 46.6 Å². The highest BCUT2D eigenvalue weighted by atomic mass is 32.1. The molecule has 0 bridgehead atoms. The Morgan fingerprint density at radius 1 is 1.30 bits per heavy atom. The molecule has 0 aliphatic carbocycles. The predicted molar refractivity (Wildman–Crippen MR) is 83.4 cm³/mol. The Morgan fingerprint density at radius 2 is 2.20 bits per heavy atom. The number of anilines is 1. The summed E-state index contributed by atoms with van der Waals surface area (Å²) >= 11 is 1.77. The summed E-state index contributed by atoms with van der Waals surface area (Å²) in [6, 6.07) is 6.41. The van der Waals surface area contributed by atoms with Crippen LogP contribution < -0.4 is 10.1 Å². The number of ether oxygens (including phenoxy) is 1. The smallest absolute Gasteiger partial charge is 0.218 e. The highest BCUT2D eigenvalue weighted by molar-refractivity contribution is 7.10. The molecule has 5 heteroatoms. The fourth-order valence-electron chi connectivity index (χ4n) is 1.95. The van der Waals surface area contributed by atoms with Crippen LogP contribution in [0.4, 0.5) is 5.82 Å². The van der Waals surface area contributed by atoms with Crippen LogP contribution in [0.15, 0.2) is 29.9 Å². The van der Waals surface area contributed by atoms with E-state index < -0.39 is 0 Å². The molecule has 0 aromatic carbocycles. The lowest BCUT2D eigenvalue weighted by molar-refractivity contribution is 0.305. The van der Waals surface area contributed by atoms with Gasteiger partial charge in [-0.25, -0.2) is 9.97 Å². The largest absolute Gasteiger partial charge is 0.478 e. The Bertz CT molecular complexity index is 502. The second kappa shape index (κ2) is 7.85. The van der Waals surface area contributed by atoms with Crippen molar-refractivity contribution in [1.29, 1.82) is 0 Å². The zero-order valence-electron chi connectivity index (χ0n) is 12.0. The van der Waals surface area contributed by atoms with Gasteiger partial charge in [-0.3, -0.25) is 0 Å². The second-order valence-corrected chi connectivity index (χ2v) is 5.57. The average molecular weight is 291 g/mol. The standard InChI is InChI=1S/C15H21N3OS/c1-3-6-12(13-7-5-9-20-13)18-14-10-15(17-11-16-14)19-8-4-2/h5,7,9-12H,3-4,6,8H2,1-2H3,(H,16,17,18). The molecule has 0 radical (unpaired) electrons. The van der Waals surface area contributed by atoms with Gasteiger partial charge in [0.2, 0.25) is 5.88 Å². The fraction of sp³-hybridized carbons (Fsp3) is 0.467. The quantitative estimate of drug-likeness (QED) is 0.788. The topological polar surface area (TPSA) is 47.0 Å². The number of hydrogen-bond acceptors (Lipinski definition) is 5. The van der Waals surface area contributed by atoms with Gasteiger partial charge in [0, 0.05) is 10.9 Å². The van der Waals surface area contributed by atoms with Crippen LogP contribution in [0, 0.1) is 0 Å². The molecule has 1 atom stereocenters. The van der Waals surface area contributed by atoms with Crippen molar-refractivity contribution in [3.05, 3.63) is 34.8 Å². The minimum absolute atomic E-state index is 0.300. The maximum Gasteiger partial charge on any atom is 0.218 e. The molecule has 20 heavy (non-hydrogen) atoms. The van der Waals surface area contributed by atoms with Crippen LogP contribution >= 0.6 is 11.3 Å². The van der Waals surface area contributed by atoms with Crippen molar-refractivity contribution >= 4 is 17.2 Å². The molecule has 0 amide bonds. The van der Waals surface area contributed by atoms with Crippen LogP contribution in [0.2, 0.25) is 0 Å². The van der Waals surface area contributed by atoms with E-state index in [1.54, 1.807) is 17.7 Å². The summed E-state index contributed by atoms with van der Waals surface area (Å²) in [7, 11) is 0. The van der Waals surface area contributed by atoms with Gasteiger partial charge in [-0.15, -0.1) is 11.3 Å². The van der Waals surface area contributed by atoms with E-state index in [4.69, 9.17) is 4.74 Å². The van der Waals surface area contributed by atoms with Crippen LogP contribution in [-0.2, 0) is 0 Å². The van der Waals surface area contributed by atoms with Gasteiger partial charge < -0.3 is 10.1 Å². The van der Waals surface area contributed by atoms with E-state index in [1.165, 1.54) is 4.88 Å². The Balaban J connectivity index is 2.06. The molecule has 2 aromatic rings. The number of rotatable bonds is 8. The van der Waals surface area contributed by atoms with E-state index in [0.717, 1.165) is 25.1 Å². The molecule has 0 fully saturated rings. The molecule has 1 unspecified atom stereocenters. The first-order valence-electron chi connectivity index (χ1n) is 7.08. The van der Waals surface area contributed by atoms with Crippen molar-refractivity contribution in [3.8, 4) is 5.88 Å². The Labute approximate surface area is 124 Å². The number of nitrogens with one attached hydrogen (secondary N) is 1. The Morgan fingerprint density at radius 3 is 2.90 bits per heavy atom. The first-order chi connectivity index (χ1) is 9.83. The van der Waals surface area contributed by atoms with Gasteiger partial charge in [0.15, 0.2) is 0 Å². The van der Waals surface area contributed by atoms with Crippen LogP contribution in [-0.4, -0.2) is 16.6 Å². The van der Waals surface area contributed by atoms with Crippen molar-refractivity contribution < 1.29 is 4.74 Å². The first kappa shape index (κ1) is 14.8. The van der Waals surface area contributed by atoms with Gasteiger partial charge in [0.05, 0.1) is 12.6 Å². The van der Waals surface area contributed by atoms with Gasteiger partial charge in [-0.1, -0.05) is 26.3 Å². The molecule has 4 nitrogen and oxygen atoms in total. The Hall–Kier alpha value is -1.62. The number of thiophene rings is 1. The highest BCUT2D eigenvalue weighted by Crippen LogP contribution is 2.27. The number of nitrogens with zero attached hydrogens (tertiary/aromatic N) is 2.